The zero-order valence-electron chi connectivity index (χ0n) is 9.34. The molecule has 1 aromatic carbocycles. The second-order valence-corrected chi connectivity index (χ2v) is 6.44. The summed E-state index contributed by atoms with van der Waals surface area (Å²) in [5.41, 5.74) is -0.149. The summed E-state index contributed by atoms with van der Waals surface area (Å²) in [5, 5.41) is 9.56. The third-order valence-corrected chi connectivity index (χ3v) is 4.70. The number of hydrogen-bond donors (Lipinski definition) is 1. The van der Waals surface area contributed by atoms with Crippen LogP contribution in [0.3, 0.4) is 0 Å². The van der Waals surface area contributed by atoms with Crippen molar-refractivity contribution in [1.82, 2.24) is 4.31 Å². The summed E-state index contributed by atoms with van der Waals surface area (Å²) in [4.78, 5) is 0.325. The minimum atomic E-state index is -3.43. The van der Waals surface area contributed by atoms with Crippen molar-refractivity contribution >= 4 is 10.0 Å². The number of nitrogens with zero attached hydrogens (tertiary/aromatic N) is 1. The van der Waals surface area contributed by atoms with E-state index in [-0.39, 0.29) is 13.1 Å². The highest BCUT2D eigenvalue weighted by atomic mass is 32.2. The number of hydrogen-bond acceptors (Lipinski definition) is 3. The van der Waals surface area contributed by atoms with E-state index in [2.05, 4.69) is 0 Å². The molecule has 0 atom stereocenters. The van der Waals surface area contributed by atoms with Crippen molar-refractivity contribution in [3.05, 3.63) is 29.8 Å². The van der Waals surface area contributed by atoms with Crippen LogP contribution in [-0.4, -0.2) is 36.5 Å². The molecule has 2 rings (SSSR count). The van der Waals surface area contributed by atoms with Crippen molar-refractivity contribution < 1.29 is 13.5 Å². The van der Waals surface area contributed by atoms with Crippen LogP contribution in [0, 0.1) is 6.92 Å². The number of benzene rings is 1. The summed E-state index contributed by atoms with van der Waals surface area (Å²) in [6, 6.07) is 6.88. The average Bonchev–Trinajstić information content (AvgIpc) is 2.14. The summed E-state index contributed by atoms with van der Waals surface area (Å²) in [7, 11) is -3.43. The highest BCUT2D eigenvalue weighted by molar-refractivity contribution is 7.89. The number of rotatable bonds is 2. The van der Waals surface area contributed by atoms with Crippen LogP contribution in [0.2, 0.25) is 0 Å². The van der Waals surface area contributed by atoms with Crippen LogP contribution in [0.4, 0.5) is 0 Å². The van der Waals surface area contributed by atoms with Gasteiger partial charge in [-0.05, 0) is 25.5 Å². The van der Waals surface area contributed by atoms with E-state index in [9.17, 15) is 13.5 Å². The molecule has 88 valence electrons. The predicted molar refractivity (Wildman–Crippen MR) is 60.6 cm³/mol. The topological polar surface area (TPSA) is 57.6 Å². The van der Waals surface area contributed by atoms with Crippen LogP contribution in [0.5, 0.6) is 0 Å². The fraction of sp³-hybridized carbons (Fsp3) is 0.455. The fourth-order valence-corrected chi connectivity index (χ4v) is 3.77. The van der Waals surface area contributed by atoms with Crippen LogP contribution in [0.15, 0.2) is 29.2 Å². The van der Waals surface area contributed by atoms with Gasteiger partial charge in [0.15, 0.2) is 0 Å². The van der Waals surface area contributed by atoms with Gasteiger partial charge in [-0.3, -0.25) is 0 Å². The Hall–Kier alpha value is -0.910. The van der Waals surface area contributed by atoms with Crippen molar-refractivity contribution in [1.29, 1.82) is 0 Å². The summed E-state index contributed by atoms with van der Waals surface area (Å²) < 4.78 is 25.6. The molecular weight excluding hydrogens is 226 g/mol. The molecule has 1 fully saturated rings. The molecule has 1 saturated heterocycles. The van der Waals surface area contributed by atoms with E-state index < -0.39 is 15.6 Å². The highest BCUT2D eigenvalue weighted by Gasteiger charge is 2.44. The van der Waals surface area contributed by atoms with Gasteiger partial charge < -0.3 is 5.11 Å². The zero-order valence-corrected chi connectivity index (χ0v) is 10.2. The third-order valence-electron chi connectivity index (χ3n) is 2.75. The lowest BCUT2D eigenvalue weighted by Crippen LogP contribution is -2.61. The second-order valence-electron chi connectivity index (χ2n) is 4.54. The predicted octanol–water partition coefficient (Wildman–Crippen LogP) is 0.750. The molecule has 0 aliphatic carbocycles. The maximum absolute atomic E-state index is 12.1. The maximum atomic E-state index is 12.1. The quantitative estimate of drug-likeness (QED) is 0.831. The van der Waals surface area contributed by atoms with E-state index in [1.54, 1.807) is 38.1 Å². The minimum Gasteiger partial charge on any atom is -0.387 e. The Kier molecular flexibility index (Phi) is 2.57. The van der Waals surface area contributed by atoms with Gasteiger partial charge in [0.25, 0.3) is 0 Å². The molecule has 0 aromatic heterocycles. The number of aryl methyl sites for hydroxylation is 1. The Bertz CT molecular complexity index is 500. The Labute approximate surface area is 95.6 Å². The second kappa shape index (κ2) is 3.55. The van der Waals surface area contributed by atoms with Gasteiger partial charge in [-0.1, -0.05) is 18.2 Å². The summed E-state index contributed by atoms with van der Waals surface area (Å²) >= 11 is 0. The Balaban J connectivity index is 2.32. The van der Waals surface area contributed by atoms with Crippen LogP contribution < -0.4 is 0 Å². The van der Waals surface area contributed by atoms with Gasteiger partial charge in [0.2, 0.25) is 10.0 Å². The molecule has 1 aliphatic heterocycles. The Morgan fingerprint density at radius 3 is 2.38 bits per heavy atom. The fourth-order valence-electron chi connectivity index (χ4n) is 1.87. The number of sulfonamides is 1. The summed E-state index contributed by atoms with van der Waals surface area (Å²) in [5.74, 6) is 0. The molecular formula is C11H15NO3S. The molecule has 0 unspecified atom stereocenters. The molecule has 1 aliphatic rings. The maximum Gasteiger partial charge on any atom is 0.243 e. The van der Waals surface area contributed by atoms with Gasteiger partial charge >= 0.3 is 0 Å². The molecule has 0 bridgehead atoms. The van der Waals surface area contributed by atoms with Crippen molar-refractivity contribution in [3.8, 4) is 0 Å². The van der Waals surface area contributed by atoms with Crippen LogP contribution >= 0.6 is 0 Å². The normalized spacial score (nSPS) is 20.4. The number of aliphatic hydroxyl groups is 1. The smallest absolute Gasteiger partial charge is 0.243 e. The number of β-amino-alcohol motifs (C(OH)–C–C–N with tert-alkyl or cyclic N) is 1. The molecule has 1 aromatic rings. The van der Waals surface area contributed by atoms with Crippen LogP contribution in [-0.2, 0) is 10.0 Å². The van der Waals surface area contributed by atoms with E-state index in [1.165, 1.54) is 4.31 Å². The molecule has 4 nitrogen and oxygen atoms in total. The third kappa shape index (κ3) is 1.86. The lowest BCUT2D eigenvalue weighted by atomic mass is 10.0. The first-order chi connectivity index (χ1) is 7.33. The Morgan fingerprint density at radius 2 is 1.88 bits per heavy atom. The first-order valence-corrected chi connectivity index (χ1v) is 6.55. The largest absolute Gasteiger partial charge is 0.387 e. The average molecular weight is 241 g/mol. The highest BCUT2D eigenvalue weighted by Crippen LogP contribution is 2.28. The van der Waals surface area contributed by atoms with E-state index in [4.69, 9.17) is 0 Å². The molecule has 5 heteroatoms. The molecule has 0 radical (unpaired) electrons. The van der Waals surface area contributed by atoms with Crippen molar-refractivity contribution in [2.75, 3.05) is 13.1 Å². The van der Waals surface area contributed by atoms with Crippen molar-refractivity contribution in [2.24, 2.45) is 0 Å². The molecule has 16 heavy (non-hydrogen) atoms. The monoisotopic (exact) mass is 241 g/mol. The van der Waals surface area contributed by atoms with Crippen molar-refractivity contribution in [2.45, 2.75) is 24.3 Å². The van der Waals surface area contributed by atoms with Gasteiger partial charge in [-0.25, -0.2) is 8.42 Å². The van der Waals surface area contributed by atoms with Gasteiger partial charge in [0, 0.05) is 13.1 Å². The van der Waals surface area contributed by atoms with Crippen LogP contribution in [0.1, 0.15) is 12.5 Å². The first kappa shape index (κ1) is 11.6. The Morgan fingerprint density at radius 1 is 1.31 bits per heavy atom. The zero-order chi connectivity index (χ0) is 12.0. The molecule has 1 N–H and O–H groups in total. The van der Waals surface area contributed by atoms with E-state index >= 15 is 0 Å². The van der Waals surface area contributed by atoms with Crippen molar-refractivity contribution in [3.63, 3.8) is 0 Å². The lowest BCUT2D eigenvalue weighted by Gasteiger charge is -2.43. The van der Waals surface area contributed by atoms with E-state index in [0.717, 1.165) is 5.56 Å². The van der Waals surface area contributed by atoms with Gasteiger partial charge in [-0.2, -0.15) is 4.31 Å². The van der Waals surface area contributed by atoms with E-state index in [1.807, 2.05) is 0 Å². The minimum absolute atomic E-state index is 0.170. The molecule has 0 spiro atoms. The summed E-state index contributed by atoms with van der Waals surface area (Å²) in [6.07, 6.45) is 0. The molecule has 0 saturated carbocycles. The van der Waals surface area contributed by atoms with Gasteiger partial charge in [0.05, 0.1) is 10.5 Å². The SMILES string of the molecule is Cc1ccccc1S(=O)(=O)N1CC(C)(O)C1. The van der Waals surface area contributed by atoms with Gasteiger partial charge in [-0.15, -0.1) is 0 Å². The molecule has 0 amide bonds. The first-order valence-electron chi connectivity index (χ1n) is 5.11. The van der Waals surface area contributed by atoms with Gasteiger partial charge in [0.1, 0.15) is 0 Å². The molecule has 1 heterocycles. The lowest BCUT2D eigenvalue weighted by molar-refractivity contribution is -0.0426. The van der Waals surface area contributed by atoms with E-state index in [0.29, 0.717) is 4.90 Å². The van der Waals surface area contributed by atoms with Crippen LogP contribution in [0.25, 0.3) is 0 Å². The summed E-state index contributed by atoms with van der Waals surface area (Å²) in [6.45, 7) is 3.75. The standard InChI is InChI=1S/C11H15NO3S/c1-9-5-3-4-6-10(9)16(14,15)12-7-11(2,13)8-12/h3-6,13H,7-8H2,1-2H3.